The Morgan fingerprint density at radius 2 is 2.00 bits per heavy atom. The van der Waals surface area contributed by atoms with E-state index >= 15 is 0 Å². The normalized spacial score (nSPS) is 29.3. The van der Waals surface area contributed by atoms with E-state index in [2.05, 4.69) is 0 Å². The highest BCUT2D eigenvalue weighted by Crippen LogP contribution is 2.14. The zero-order valence-corrected chi connectivity index (χ0v) is 9.34. The molecule has 1 fully saturated rings. The summed E-state index contributed by atoms with van der Waals surface area (Å²) in [6.07, 6.45) is -0.451. The second-order valence-electron chi connectivity index (χ2n) is 4.25. The lowest BCUT2D eigenvalue weighted by molar-refractivity contribution is -0.674. The average Bonchev–Trinajstić information content (AvgIpc) is 2.62. The number of rotatable bonds is 3. The van der Waals surface area contributed by atoms with Crippen LogP contribution in [0.25, 0.3) is 0 Å². The van der Waals surface area contributed by atoms with Gasteiger partial charge in [0.1, 0.15) is 30.5 Å². The Hall–Kier alpha value is -1.10. The van der Waals surface area contributed by atoms with Gasteiger partial charge in [0.2, 0.25) is 0 Å². The minimum Gasteiger partial charge on any atom is -0.497 e. The Morgan fingerprint density at radius 1 is 1.31 bits per heavy atom. The number of nitrogens with two attached hydrogens (primary N) is 1. The van der Waals surface area contributed by atoms with Crippen LogP contribution in [-0.2, 0) is 6.42 Å². The summed E-state index contributed by atoms with van der Waals surface area (Å²) in [6, 6.07) is 7.86. The van der Waals surface area contributed by atoms with Crippen molar-refractivity contribution in [3.8, 4) is 5.75 Å². The third-order valence-corrected chi connectivity index (χ3v) is 3.14. The first-order valence-electron chi connectivity index (χ1n) is 5.53. The number of aliphatic hydroxyl groups excluding tert-OH is 2. The molecule has 3 atom stereocenters. The van der Waals surface area contributed by atoms with Crippen molar-refractivity contribution in [2.24, 2.45) is 0 Å². The largest absolute Gasteiger partial charge is 0.497 e. The minimum atomic E-state index is -0.623. The third kappa shape index (κ3) is 2.35. The molecule has 88 valence electrons. The van der Waals surface area contributed by atoms with Crippen LogP contribution in [0.1, 0.15) is 5.56 Å². The second-order valence-corrected chi connectivity index (χ2v) is 4.25. The number of hydrogen-bond donors (Lipinski definition) is 3. The van der Waals surface area contributed by atoms with Crippen molar-refractivity contribution in [1.82, 2.24) is 0 Å². The van der Waals surface area contributed by atoms with E-state index in [0.717, 1.165) is 17.7 Å². The maximum absolute atomic E-state index is 9.71. The van der Waals surface area contributed by atoms with Gasteiger partial charge in [0.15, 0.2) is 0 Å². The maximum Gasteiger partial charge on any atom is 0.137 e. The summed E-state index contributed by atoms with van der Waals surface area (Å²) in [4.78, 5) is 0. The topological polar surface area (TPSA) is 66.3 Å². The Labute approximate surface area is 94.9 Å². The highest BCUT2D eigenvalue weighted by Gasteiger charge is 2.36. The maximum atomic E-state index is 9.71. The van der Waals surface area contributed by atoms with Crippen LogP contribution in [0.2, 0.25) is 0 Å². The summed E-state index contributed by atoms with van der Waals surface area (Å²) in [5.41, 5.74) is 1.15. The molecule has 0 radical (unpaired) electrons. The van der Waals surface area contributed by atoms with Crippen molar-refractivity contribution in [1.29, 1.82) is 0 Å². The molecule has 0 bridgehead atoms. The molecule has 0 aliphatic carbocycles. The van der Waals surface area contributed by atoms with Crippen molar-refractivity contribution >= 4 is 0 Å². The second kappa shape index (κ2) is 4.82. The summed E-state index contributed by atoms with van der Waals surface area (Å²) in [5, 5.41) is 21.1. The van der Waals surface area contributed by atoms with E-state index in [4.69, 9.17) is 4.74 Å². The fourth-order valence-electron chi connectivity index (χ4n) is 2.12. The SMILES string of the molecule is COc1ccc(C[C@H]2[NH2+]C[C@H](O)[C@H]2O)cc1. The summed E-state index contributed by atoms with van der Waals surface area (Å²) >= 11 is 0. The molecule has 4 heteroatoms. The van der Waals surface area contributed by atoms with Crippen LogP contribution in [0, 0.1) is 0 Å². The van der Waals surface area contributed by atoms with Crippen molar-refractivity contribution < 1.29 is 20.3 Å². The van der Waals surface area contributed by atoms with Crippen molar-refractivity contribution in [2.45, 2.75) is 24.7 Å². The standard InChI is InChI=1S/C12H17NO3/c1-16-9-4-2-8(3-5-9)6-10-12(15)11(14)7-13-10/h2-5,10-15H,6-7H2,1H3/p+1/t10-,11+,12+/m1/s1. The molecule has 0 aromatic heterocycles. The fraction of sp³-hybridized carbons (Fsp3) is 0.500. The highest BCUT2D eigenvalue weighted by atomic mass is 16.5. The number of methoxy groups -OCH3 is 1. The van der Waals surface area contributed by atoms with Gasteiger partial charge < -0.3 is 20.3 Å². The molecule has 1 saturated heterocycles. The summed E-state index contributed by atoms with van der Waals surface area (Å²) < 4.78 is 5.08. The van der Waals surface area contributed by atoms with E-state index in [9.17, 15) is 10.2 Å². The first-order chi connectivity index (χ1) is 7.70. The summed E-state index contributed by atoms with van der Waals surface area (Å²) in [6.45, 7) is 0.585. The molecule has 1 aliphatic heterocycles. The Kier molecular flexibility index (Phi) is 3.43. The van der Waals surface area contributed by atoms with E-state index in [-0.39, 0.29) is 6.04 Å². The molecule has 2 rings (SSSR count). The molecular weight excluding hydrogens is 206 g/mol. The summed E-state index contributed by atoms with van der Waals surface area (Å²) in [5.74, 6) is 0.833. The predicted molar refractivity (Wildman–Crippen MR) is 59.3 cm³/mol. The van der Waals surface area contributed by atoms with Crippen molar-refractivity contribution in [2.75, 3.05) is 13.7 Å². The van der Waals surface area contributed by atoms with Crippen LogP contribution in [0.5, 0.6) is 5.75 Å². The van der Waals surface area contributed by atoms with Gasteiger partial charge in [-0.1, -0.05) is 12.1 Å². The van der Waals surface area contributed by atoms with Gasteiger partial charge in [-0.15, -0.1) is 0 Å². The number of benzene rings is 1. The molecule has 0 unspecified atom stereocenters. The van der Waals surface area contributed by atoms with Crippen LogP contribution in [-0.4, -0.2) is 42.1 Å². The molecular formula is C12H18NO3+. The monoisotopic (exact) mass is 224 g/mol. The molecule has 4 nitrogen and oxygen atoms in total. The predicted octanol–water partition coefficient (Wildman–Crippen LogP) is -1.09. The fourth-order valence-corrected chi connectivity index (χ4v) is 2.12. The number of ether oxygens (including phenoxy) is 1. The van der Waals surface area contributed by atoms with Gasteiger partial charge in [0.05, 0.1) is 7.11 Å². The zero-order chi connectivity index (χ0) is 11.5. The van der Waals surface area contributed by atoms with E-state index in [1.165, 1.54) is 0 Å². The van der Waals surface area contributed by atoms with Gasteiger partial charge in [0.25, 0.3) is 0 Å². The molecule has 16 heavy (non-hydrogen) atoms. The van der Waals surface area contributed by atoms with Gasteiger partial charge in [-0.2, -0.15) is 0 Å². The van der Waals surface area contributed by atoms with Crippen molar-refractivity contribution in [3.63, 3.8) is 0 Å². The van der Waals surface area contributed by atoms with Crippen LogP contribution in [0.3, 0.4) is 0 Å². The minimum absolute atomic E-state index is 0.0587. The number of aliphatic hydroxyl groups is 2. The van der Waals surface area contributed by atoms with E-state index in [1.807, 2.05) is 29.6 Å². The van der Waals surface area contributed by atoms with Gasteiger partial charge in [0, 0.05) is 6.42 Å². The van der Waals surface area contributed by atoms with Gasteiger partial charge >= 0.3 is 0 Å². The van der Waals surface area contributed by atoms with E-state index < -0.39 is 12.2 Å². The van der Waals surface area contributed by atoms with Gasteiger partial charge in [-0.05, 0) is 17.7 Å². The van der Waals surface area contributed by atoms with E-state index in [1.54, 1.807) is 7.11 Å². The third-order valence-electron chi connectivity index (χ3n) is 3.14. The molecule has 1 aromatic rings. The number of quaternary nitrogens is 1. The molecule has 0 amide bonds. The summed E-state index contributed by atoms with van der Waals surface area (Å²) in [7, 11) is 1.64. The molecule has 1 aliphatic rings. The quantitative estimate of drug-likeness (QED) is 0.611. The lowest BCUT2D eigenvalue weighted by atomic mass is 10.0. The molecule has 0 saturated carbocycles. The van der Waals surface area contributed by atoms with Gasteiger partial charge in [-0.25, -0.2) is 0 Å². The first kappa shape index (κ1) is 11.4. The molecule has 0 spiro atoms. The number of hydrogen-bond acceptors (Lipinski definition) is 3. The first-order valence-corrected chi connectivity index (χ1v) is 5.53. The lowest BCUT2D eigenvalue weighted by Crippen LogP contribution is -2.88. The van der Waals surface area contributed by atoms with Gasteiger partial charge in [-0.3, -0.25) is 0 Å². The van der Waals surface area contributed by atoms with Crippen LogP contribution < -0.4 is 10.1 Å². The van der Waals surface area contributed by atoms with Crippen LogP contribution in [0.4, 0.5) is 0 Å². The van der Waals surface area contributed by atoms with Crippen LogP contribution >= 0.6 is 0 Å². The molecule has 1 aromatic carbocycles. The molecule has 1 heterocycles. The van der Waals surface area contributed by atoms with Crippen LogP contribution in [0.15, 0.2) is 24.3 Å². The molecule has 4 N–H and O–H groups in total. The Balaban J connectivity index is 1.98. The lowest BCUT2D eigenvalue weighted by Gasteiger charge is -2.12. The highest BCUT2D eigenvalue weighted by molar-refractivity contribution is 5.27. The van der Waals surface area contributed by atoms with E-state index in [0.29, 0.717) is 6.54 Å². The Bertz CT molecular complexity index is 339. The van der Waals surface area contributed by atoms with Crippen molar-refractivity contribution in [3.05, 3.63) is 29.8 Å². The average molecular weight is 224 g/mol. The zero-order valence-electron chi connectivity index (χ0n) is 9.34. The Morgan fingerprint density at radius 3 is 2.50 bits per heavy atom. The smallest absolute Gasteiger partial charge is 0.137 e.